The van der Waals surface area contributed by atoms with Gasteiger partial charge >= 0.3 is 5.97 Å². The molecule has 1 amide bonds. The Bertz CT molecular complexity index is 686. The van der Waals surface area contributed by atoms with E-state index in [2.05, 4.69) is 21.2 Å². The summed E-state index contributed by atoms with van der Waals surface area (Å²) in [4.78, 5) is 23.2. The SMILES string of the molecule is O=C(Cc1ccc(Br)cc1)Nc1c(Cl)cccc1C(=O)O. The number of carbonyl (C=O) groups excluding carboxylic acids is 1. The van der Waals surface area contributed by atoms with E-state index < -0.39 is 5.97 Å². The summed E-state index contributed by atoms with van der Waals surface area (Å²) < 4.78 is 0.922. The van der Waals surface area contributed by atoms with Crippen LogP contribution in [0.5, 0.6) is 0 Å². The van der Waals surface area contributed by atoms with Crippen molar-refractivity contribution >= 4 is 45.1 Å². The normalized spacial score (nSPS) is 10.2. The molecule has 0 radical (unpaired) electrons. The molecule has 108 valence electrons. The van der Waals surface area contributed by atoms with Gasteiger partial charge in [-0.15, -0.1) is 0 Å². The van der Waals surface area contributed by atoms with Crippen LogP contribution in [0.3, 0.4) is 0 Å². The first kappa shape index (κ1) is 15.5. The molecular weight excluding hydrogens is 358 g/mol. The third kappa shape index (κ3) is 4.06. The molecule has 0 heterocycles. The molecule has 4 nitrogen and oxygen atoms in total. The first-order valence-corrected chi connectivity index (χ1v) is 7.20. The van der Waals surface area contributed by atoms with Crippen LogP contribution in [-0.2, 0) is 11.2 Å². The number of halogens is 2. The van der Waals surface area contributed by atoms with Gasteiger partial charge in [0.15, 0.2) is 0 Å². The number of hydrogen-bond acceptors (Lipinski definition) is 2. The van der Waals surface area contributed by atoms with Gasteiger partial charge < -0.3 is 10.4 Å². The third-order valence-corrected chi connectivity index (χ3v) is 3.63. The van der Waals surface area contributed by atoms with Gasteiger partial charge in [-0.2, -0.15) is 0 Å². The van der Waals surface area contributed by atoms with Crippen LogP contribution < -0.4 is 5.32 Å². The molecule has 6 heteroatoms. The molecule has 0 saturated heterocycles. The Morgan fingerprint density at radius 3 is 2.43 bits per heavy atom. The second kappa shape index (κ2) is 6.74. The average molecular weight is 369 g/mol. The molecule has 0 spiro atoms. The van der Waals surface area contributed by atoms with E-state index in [0.29, 0.717) is 0 Å². The average Bonchev–Trinajstić information content (AvgIpc) is 2.43. The predicted octanol–water partition coefficient (Wildman–Crippen LogP) is 3.98. The van der Waals surface area contributed by atoms with Gasteiger partial charge in [-0.05, 0) is 29.8 Å². The Morgan fingerprint density at radius 1 is 1.14 bits per heavy atom. The highest BCUT2D eigenvalue weighted by atomic mass is 79.9. The highest BCUT2D eigenvalue weighted by Gasteiger charge is 2.15. The van der Waals surface area contributed by atoms with Gasteiger partial charge in [0.2, 0.25) is 5.91 Å². The highest BCUT2D eigenvalue weighted by Crippen LogP contribution is 2.26. The van der Waals surface area contributed by atoms with Crippen LogP contribution in [0.2, 0.25) is 5.02 Å². The Kier molecular flexibility index (Phi) is 4.98. The number of rotatable bonds is 4. The van der Waals surface area contributed by atoms with Gasteiger partial charge in [-0.3, -0.25) is 4.79 Å². The first-order valence-electron chi connectivity index (χ1n) is 6.03. The smallest absolute Gasteiger partial charge is 0.337 e. The van der Waals surface area contributed by atoms with Crippen LogP contribution in [0.15, 0.2) is 46.9 Å². The highest BCUT2D eigenvalue weighted by molar-refractivity contribution is 9.10. The molecule has 0 aromatic heterocycles. The molecule has 2 rings (SSSR count). The summed E-state index contributed by atoms with van der Waals surface area (Å²) in [5.41, 5.74) is 0.903. The monoisotopic (exact) mass is 367 g/mol. The molecule has 0 fully saturated rings. The predicted molar refractivity (Wildman–Crippen MR) is 84.9 cm³/mol. The summed E-state index contributed by atoms with van der Waals surface area (Å²) in [7, 11) is 0. The van der Waals surface area contributed by atoms with E-state index in [9.17, 15) is 9.59 Å². The van der Waals surface area contributed by atoms with Gasteiger partial charge in [0.1, 0.15) is 0 Å². The lowest BCUT2D eigenvalue weighted by molar-refractivity contribution is -0.115. The van der Waals surface area contributed by atoms with Crippen LogP contribution in [0.1, 0.15) is 15.9 Å². The summed E-state index contributed by atoms with van der Waals surface area (Å²) in [5.74, 6) is -1.47. The zero-order valence-electron chi connectivity index (χ0n) is 10.8. The maximum Gasteiger partial charge on any atom is 0.337 e. The largest absolute Gasteiger partial charge is 0.478 e. The van der Waals surface area contributed by atoms with E-state index in [4.69, 9.17) is 16.7 Å². The van der Waals surface area contributed by atoms with Crippen LogP contribution in [0.25, 0.3) is 0 Å². The van der Waals surface area contributed by atoms with Gasteiger partial charge in [0.25, 0.3) is 0 Å². The molecular formula is C15H11BrClNO3. The van der Waals surface area contributed by atoms with Crippen LogP contribution in [-0.4, -0.2) is 17.0 Å². The van der Waals surface area contributed by atoms with Crippen LogP contribution >= 0.6 is 27.5 Å². The second-order valence-corrected chi connectivity index (χ2v) is 5.64. The van der Waals surface area contributed by atoms with E-state index in [1.165, 1.54) is 18.2 Å². The molecule has 0 aliphatic carbocycles. The van der Waals surface area contributed by atoms with Gasteiger partial charge in [0, 0.05) is 4.47 Å². The topological polar surface area (TPSA) is 66.4 Å². The number of carbonyl (C=O) groups is 2. The van der Waals surface area contributed by atoms with Crippen molar-refractivity contribution in [2.45, 2.75) is 6.42 Å². The fourth-order valence-corrected chi connectivity index (χ4v) is 2.29. The van der Waals surface area contributed by atoms with Gasteiger partial charge in [-0.25, -0.2) is 4.79 Å². The fourth-order valence-electron chi connectivity index (χ4n) is 1.80. The second-order valence-electron chi connectivity index (χ2n) is 4.32. The van der Waals surface area contributed by atoms with Crippen molar-refractivity contribution in [1.82, 2.24) is 0 Å². The van der Waals surface area contributed by atoms with E-state index in [1.807, 2.05) is 24.3 Å². The quantitative estimate of drug-likeness (QED) is 0.858. The lowest BCUT2D eigenvalue weighted by Gasteiger charge is -2.10. The minimum absolute atomic E-state index is 0.0355. The number of benzene rings is 2. The molecule has 0 aliphatic rings. The maximum absolute atomic E-state index is 12.0. The number of hydrogen-bond donors (Lipinski definition) is 2. The summed E-state index contributed by atoms with van der Waals surface area (Å²) in [5, 5.41) is 11.9. The minimum Gasteiger partial charge on any atom is -0.478 e. The zero-order chi connectivity index (χ0) is 15.4. The van der Waals surface area contributed by atoms with Crippen LogP contribution in [0, 0.1) is 0 Å². The molecule has 0 bridgehead atoms. The molecule has 0 atom stereocenters. The van der Waals surface area contributed by atoms with E-state index >= 15 is 0 Å². The van der Waals surface area contributed by atoms with Gasteiger partial charge in [0.05, 0.1) is 22.7 Å². The standard InChI is InChI=1S/C15H11BrClNO3/c16-10-6-4-9(5-7-10)8-13(19)18-14-11(15(20)21)2-1-3-12(14)17/h1-7H,8H2,(H,18,19)(H,20,21). The first-order chi connectivity index (χ1) is 9.97. The Labute approximate surface area is 134 Å². The molecule has 21 heavy (non-hydrogen) atoms. The fraction of sp³-hybridized carbons (Fsp3) is 0.0667. The molecule has 2 aromatic rings. The van der Waals surface area contributed by atoms with E-state index in [0.717, 1.165) is 10.0 Å². The van der Waals surface area contributed by atoms with Crippen molar-refractivity contribution in [1.29, 1.82) is 0 Å². The Morgan fingerprint density at radius 2 is 1.81 bits per heavy atom. The molecule has 0 saturated carbocycles. The van der Waals surface area contributed by atoms with E-state index in [-0.39, 0.29) is 28.6 Å². The molecule has 2 aromatic carbocycles. The lowest BCUT2D eigenvalue weighted by atomic mass is 10.1. The molecule has 0 aliphatic heterocycles. The van der Waals surface area contributed by atoms with Crippen molar-refractivity contribution in [3.63, 3.8) is 0 Å². The minimum atomic E-state index is -1.14. The maximum atomic E-state index is 12.0. The number of carboxylic acid groups (broad SMARTS) is 1. The number of aromatic carboxylic acids is 1. The third-order valence-electron chi connectivity index (χ3n) is 2.79. The summed E-state index contributed by atoms with van der Waals surface area (Å²) in [6.07, 6.45) is 0.136. The molecule has 0 unspecified atom stereocenters. The van der Waals surface area contributed by atoms with Crippen LogP contribution in [0.4, 0.5) is 5.69 Å². The zero-order valence-corrected chi connectivity index (χ0v) is 13.1. The Hall–Kier alpha value is -1.85. The number of anilines is 1. The number of para-hydroxylation sites is 1. The van der Waals surface area contributed by atoms with Crippen molar-refractivity contribution in [2.24, 2.45) is 0 Å². The number of amides is 1. The van der Waals surface area contributed by atoms with Crippen molar-refractivity contribution in [3.05, 3.63) is 63.1 Å². The summed E-state index contributed by atoms with van der Waals surface area (Å²) >= 11 is 9.27. The molecule has 2 N–H and O–H groups in total. The summed E-state index contributed by atoms with van der Waals surface area (Å²) in [6.45, 7) is 0. The van der Waals surface area contributed by atoms with Crippen molar-refractivity contribution in [3.8, 4) is 0 Å². The van der Waals surface area contributed by atoms with Gasteiger partial charge in [-0.1, -0.05) is 45.7 Å². The number of carboxylic acids is 1. The summed E-state index contributed by atoms with van der Waals surface area (Å²) in [6, 6.07) is 11.7. The lowest BCUT2D eigenvalue weighted by Crippen LogP contribution is -2.17. The van der Waals surface area contributed by atoms with Crippen molar-refractivity contribution < 1.29 is 14.7 Å². The Balaban J connectivity index is 2.16. The van der Waals surface area contributed by atoms with Crippen molar-refractivity contribution in [2.75, 3.05) is 5.32 Å². The number of nitrogens with one attached hydrogen (secondary N) is 1. The van der Waals surface area contributed by atoms with E-state index in [1.54, 1.807) is 0 Å².